The largest absolute Gasteiger partial charge is 0.493 e. The number of benzene rings is 2. The monoisotopic (exact) mass is 297 g/mol. The Bertz CT molecular complexity index is 771. The van der Waals surface area contributed by atoms with Crippen LogP contribution in [0.5, 0.6) is 11.5 Å². The van der Waals surface area contributed by atoms with E-state index in [-0.39, 0.29) is 5.91 Å². The fourth-order valence-electron chi connectivity index (χ4n) is 3.17. The average molecular weight is 297 g/mol. The summed E-state index contributed by atoms with van der Waals surface area (Å²) in [6.07, 6.45) is -0.405. The van der Waals surface area contributed by atoms with Gasteiger partial charge in [0.05, 0.1) is 32.1 Å². The molecule has 5 nitrogen and oxygen atoms in total. The highest BCUT2D eigenvalue weighted by molar-refractivity contribution is 6.13. The van der Waals surface area contributed by atoms with E-state index in [1.165, 1.54) is 7.11 Å². The van der Waals surface area contributed by atoms with Crippen molar-refractivity contribution < 1.29 is 19.0 Å². The number of amides is 1. The van der Waals surface area contributed by atoms with Crippen molar-refractivity contribution in [3.05, 3.63) is 53.1 Å². The van der Waals surface area contributed by atoms with Crippen molar-refractivity contribution in [1.82, 2.24) is 0 Å². The zero-order chi connectivity index (χ0) is 15.3. The van der Waals surface area contributed by atoms with Crippen LogP contribution in [-0.2, 0) is 11.3 Å². The summed E-state index contributed by atoms with van der Waals surface area (Å²) in [6.45, 7) is 0.485. The van der Waals surface area contributed by atoms with Gasteiger partial charge in [-0.25, -0.2) is 0 Å². The second-order valence-corrected chi connectivity index (χ2v) is 5.23. The minimum Gasteiger partial charge on any atom is -0.493 e. The molecule has 1 atom stereocenters. The quantitative estimate of drug-likeness (QED) is 0.855. The molecule has 0 radical (unpaired) electrons. The van der Waals surface area contributed by atoms with E-state index in [9.17, 15) is 4.79 Å². The van der Waals surface area contributed by atoms with Crippen molar-refractivity contribution in [2.24, 2.45) is 0 Å². The molecule has 0 saturated carbocycles. The lowest BCUT2D eigenvalue weighted by atomic mass is 10.1. The zero-order valence-corrected chi connectivity index (χ0v) is 12.3. The van der Waals surface area contributed by atoms with Crippen LogP contribution in [0.2, 0.25) is 0 Å². The number of carbonyl (C=O) groups is 1. The van der Waals surface area contributed by atoms with Gasteiger partial charge in [0.1, 0.15) is 0 Å². The van der Waals surface area contributed by atoms with Gasteiger partial charge in [0.25, 0.3) is 5.91 Å². The number of methoxy groups -OCH3 is 2. The fourth-order valence-corrected chi connectivity index (χ4v) is 3.17. The predicted octanol–water partition coefficient (Wildman–Crippen LogP) is 2.89. The molecule has 2 aliphatic rings. The third kappa shape index (κ3) is 1.60. The number of hydrogen-bond donors (Lipinski definition) is 0. The summed E-state index contributed by atoms with van der Waals surface area (Å²) < 4.78 is 16.6. The molecule has 0 bridgehead atoms. The van der Waals surface area contributed by atoms with Gasteiger partial charge in [0.15, 0.2) is 17.7 Å². The lowest BCUT2D eigenvalue weighted by molar-refractivity contribution is 0.0319. The van der Waals surface area contributed by atoms with Crippen molar-refractivity contribution in [2.75, 3.05) is 19.1 Å². The van der Waals surface area contributed by atoms with Crippen molar-refractivity contribution >= 4 is 11.6 Å². The first-order valence-corrected chi connectivity index (χ1v) is 7.04. The third-order valence-corrected chi connectivity index (χ3v) is 4.16. The van der Waals surface area contributed by atoms with E-state index in [2.05, 4.69) is 0 Å². The molecule has 0 N–H and O–H groups in total. The number of para-hydroxylation sites is 1. The Hall–Kier alpha value is -2.53. The van der Waals surface area contributed by atoms with Crippen LogP contribution in [0.3, 0.4) is 0 Å². The summed E-state index contributed by atoms with van der Waals surface area (Å²) in [7, 11) is 3.10. The first kappa shape index (κ1) is 13.2. The molecular weight excluding hydrogens is 282 g/mol. The van der Waals surface area contributed by atoms with Gasteiger partial charge in [-0.3, -0.25) is 9.69 Å². The molecule has 2 aromatic rings. The molecule has 2 aliphatic heterocycles. The summed E-state index contributed by atoms with van der Waals surface area (Å²) in [5.41, 5.74) is 3.23. The van der Waals surface area contributed by atoms with Gasteiger partial charge in [-0.1, -0.05) is 18.2 Å². The molecule has 5 heteroatoms. The van der Waals surface area contributed by atoms with Gasteiger partial charge in [0, 0.05) is 11.1 Å². The number of carbonyl (C=O) groups excluding carboxylic acids is 1. The highest BCUT2D eigenvalue weighted by atomic mass is 16.5. The van der Waals surface area contributed by atoms with Crippen LogP contribution in [0.15, 0.2) is 36.4 Å². The topological polar surface area (TPSA) is 48.0 Å². The predicted molar refractivity (Wildman–Crippen MR) is 80.3 cm³/mol. The summed E-state index contributed by atoms with van der Waals surface area (Å²) in [6, 6.07) is 11.5. The second kappa shape index (κ2) is 4.74. The number of nitrogens with zero attached hydrogens (tertiary/aromatic N) is 1. The lowest BCUT2D eigenvalue weighted by Crippen LogP contribution is -2.33. The molecule has 2 heterocycles. The van der Waals surface area contributed by atoms with Crippen LogP contribution in [0, 0.1) is 0 Å². The number of fused-ring (bicyclic) bond motifs is 5. The maximum atomic E-state index is 13.0. The standard InChI is InChI=1S/C17H15NO4/c1-20-13-8-7-11-14(15(13)21-2)16(19)18-12-6-4-3-5-10(12)9-22-17(11)18/h3-8,17H,9H2,1-2H3/t17-/m1/s1. The smallest absolute Gasteiger partial charge is 0.265 e. The Morgan fingerprint density at radius 1 is 1.14 bits per heavy atom. The first-order chi connectivity index (χ1) is 10.8. The fraction of sp³-hybridized carbons (Fsp3) is 0.235. The van der Waals surface area contributed by atoms with Crippen molar-refractivity contribution in [1.29, 1.82) is 0 Å². The number of rotatable bonds is 2. The Morgan fingerprint density at radius 3 is 2.73 bits per heavy atom. The average Bonchev–Trinajstić information content (AvgIpc) is 2.87. The van der Waals surface area contributed by atoms with Crippen LogP contribution in [0.4, 0.5) is 5.69 Å². The van der Waals surface area contributed by atoms with Gasteiger partial charge in [-0.2, -0.15) is 0 Å². The van der Waals surface area contributed by atoms with E-state index in [4.69, 9.17) is 14.2 Å². The molecule has 22 heavy (non-hydrogen) atoms. The minimum absolute atomic E-state index is 0.122. The van der Waals surface area contributed by atoms with Crippen molar-refractivity contribution in [3.63, 3.8) is 0 Å². The molecule has 0 spiro atoms. The second-order valence-electron chi connectivity index (χ2n) is 5.23. The van der Waals surface area contributed by atoms with Crippen LogP contribution in [0.1, 0.15) is 27.7 Å². The first-order valence-electron chi connectivity index (χ1n) is 7.04. The van der Waals surface area contributed by atoms with E-state index in [0.29, 0.717) is 23.7 Å². The molecule has 0 aromatic heterocycles. The van der Waals surface area contributed by atoms with Crippen LogP contribution in [0.25, 0.3) is 0 Å². The third-order valence-electron chi connectivity index (χ3n) is 4.16. The van der Waals surface area contributed by atoms with Gasteiger partial charge >= 0.3 is 0 Å². The molecule has 0 saturated heterocycles. The maximum absolute atomic E-state index is 13.0. The summed E-state index contributed by atoms with van der Waals surface area (Å²) in [5, 5.41) is 0. The van der Waals surface area contributed by atoms with Gasteiger partial charge < -0.3 is 14.2 Å². The summed E-state index contributed by atoms with van der Waals surface area (Å²) in [5.74, 6) is 0.881. The molecule has 4 rings (SSSR count). The Kier molecular flexibility index (Phi) is 2.84. The zero-order valence-electron chi connectivity index (χ0n) is 12.3. The molecule has 2 aromatic carbocycles. The molecule has 0 fully saturated rings. The number of ether oxygens (including phenoxy) is 3. The molecule has 1 amide bonds. The Morgan fingerprint density at radius 2 is 1.95 bits per heavy atom. The lowest BCUT2D eigenvalue weighted by Gasteiger charge is -2.32. The van der Waals surface area contributed by atoms with Crippen LogP contribution < -0.4 is 14.4 Å². The Balaban J connectivity index is 1.92. The summed E-state index contributed by atoms with van der Waals surface area (Å²) in [4.78, 5) is 14.6. The van der Waals surface area contributed by atoms with E-state index in [1.807, 2.05) is 30.3 Å². The molecule has 0 aliphatic carbocycles. The molecule has 112 valence electrons. The minimum atomic E-state index is -0.405. The SMILES string of the molecule is COc1ccc2c(c1OC)C(=O)N1c3ccccc3CO[C@H]21. The maximum Gasteiger partial charge on any atom is 0.265 e. The normalized spacial score (nSPS) is 18.5. The van der Waals surface area contributed by atoms with Gasteiger partial charge in [-0.05, 0) is 18.2 Å². The highest BCUT2D eigenvalue weighted by Gasteiger charge is 2.44. The van der Waals surface area contributed by atoms with E-state index >= 15 is 0 Å². The van der Waals surface area contributed by atoms with Gasteiger partial charge in [-0.15, -0.1) is 0 Å². The van der Waals surface area contributed by atoms with Crippen molar-refractivity contribution in [2.45, 2.75) is 12.8 Å². The number of anilines is 1. The molecular formula is C17H15NO4. The van der Waals surface area contributed by atoms with Crippen LogP contribution >= 0.6 is 0 Å². The van der Waals surface area contributed by atoms with Crippen LogP contribution in [-0.4, -0.2) is 20.1 Å². The summed E-state index contributed by atoms with van der Waals surface area (Å²) >= 11 is 0. The number of hydrogen-bond acceptors (Lipinski definition) is 4. The van der Waals surface area contributed by atoms with E-state index in [0.717, 1.165) is 16.8 Å². The van der Waals surface area contributed by atoms with Gasteiger partial charge in [0.2, 0.25) is 0 Å². The van der Waals surface area contributed by atoms with Crippen molar-refractivity contribution in [3.8, 4) is 11.5 Å². The van der Waals surface area contributed by atoms with E-state index in [1.54, 1.807) is 18.1 Å². The highest BCUT2D eigenvalue weighted by Crippen LogP contribution is 2.48. The molecule has 0 unspecified atom stereocenters. The Labute approximate surface area is 128 Å². The van der Waals surface area contributed by atoms with E-state index < -0.39 is 6.23 Å².